The van der Waals surface area contributed by atoms with Gasteiger partial charge in [0.1, 0.15) is 5.75 Å². The Morgan fingerprint density at radius 3 is 2.14 bits per heavy atom. The van der Waals surface area contributed by atoms with E-state index in [-0.39, 0.29) is 0 Å². The number of rotatable bonds is 15. The highest BCUT2D eigenvalue weighted by Crippen LogP contribution is 2.20. The van der Waals surface area contributed by atoms with E-state index >= 15 is 0 Å². The molecule has 1 heterocycles. The molecule has 160 valence electrons. The number of aromatic nitrogens is 2. The quantitative estimate of drug-likeness (QED) is 0.290. The first-order valence-corrected chi connectivity index (χ1v) is 11.7. The zero-order valence-corrected chi connectivity index (χ0v) is 18.8. The number of aryl methyl sites for hydroxylation is 1. The predicted molar refractivity (Wildman–Crippen MR) is 123 cm³/mol. The van der Waals surface area contributed by atoms with Crippen molar-refractivity contribution >= 4 is 0 Å². The molecule has 0 saturated carbocycles. The summed E-state index contributed by atoms with van der Waals surface area (Å²) in [7, 11) is 0. The number of benzene rings is 1. The molecule has 0 amide bonds. The second-order valence-electron chi connectivity index (χ2n) is 8.55. The maximum absolute atomic E-state index is 5.86. The monoisotopic (exact) mass is 396 g/mol. The van der Waals surface area contributed by atoms with Crippen LogP contribution < -0.4 is 4.74 Å². The molecule has 0 aliphatic rings. The minimum atomic E-state index is 0.789. The van der Waals surface area contributed by atoms with E-state index in [1.807, 2.05) is 24.5 Å². The Kier molecular flexibility index (Phi) is 11.4. The van der Waals surface area contributed by atoms with E-state index in [4.69, 9.17) is 4.74 Å². The summed E-state index contributed by atoms with van der Waals surface area (Å²) in [5, 5.41) is 0. The van der Waals surface area contributed by atoms with Gasteiger partial charge in [-0.25, -0.2) is 9.97 Å². The number of hydrogen-bond acceptors (Lipinski definition) is 3. The van der Waals surface area contributed by atoms with Crippen LogP contribution in [0.2, 0.25) is 0 Å². The second kappa shape index (κ2) is 14.1. The minimum absolute atomic E-state index is 0.789. The summed E-state index contributed by atoms with van der Waals surface area (Å²) in [6.07, 6.45) is 17.9. The largest absolute Gasteiger partial charge is 0.494 e. The highest BCUT2D eigenvalue weighted by atomic mass is 16.5. The van der Waals surface area contributed by atoms with Crippen LogP contribution in [-0.2, 0) is 6.42 Å². The maximum Gasteiger partial charge on any atom is 0.159 e. The van der Waals surface area contributed by atoms with Gasteiger partial charge in [0.05, 0.1) is 6.61 Å². The van der Waals surface area contributed by atoms with Crippen LogP contribution in [0.25, 0.3) is 11.4 Å². The lowest BCUT2D eigenvalue weighted by Crippen LogP contribution is -1.98. The first kappa shape index (κ1) is 23.4. The second-order valence-corrected chi connectivity index (χ2v) is 8.55. The fourth-order valence-corrected chi connectivity index (χ4v) is 3.46. The van der Waals surface area contributed by atoms with Crippen molar-refractivity contribution < 1.29 is 4.74 Å². The average molecular weight is 397 g/mol. The molecule has 0 aliphatic heterocycles. The lowest BCUT2D eigenvalue weighted by Gasteiger charge is -2.08. The highest BCUT2D eigenvalue weighted by Gasteiger charge is 2.03. The van der Waals surface area contributed by atoms with Gasteiger partial charge < -0.3 is 4.74 Å². The molecule has 3 heteroatoms. The number of hydrogen-bond donors (Lipinski definition) is 0. The summed E-state index contributed by atoms with van der Waals surface area (Å²) < 4.78 is 5.86. The van der Waals surface area contributed by atoms with E-state index < -0.39 is 0 Å². The molecule has 0 bridgehead atoms. The third-order valence-electron chi connectivity index (χ3n) is 5.33. The Morgan fingerprint density at radius 2 is 1.45 bits per heavy atom. The molecule has 29 heavy (non-hydrogen) atoms. The molecule has 1 aromatic carbocycles. The van der Waals surface area contributed by atoms with Crippen molar-refractivity contribution in [3.63, 3.8) is 0 Å². The van der Waals surface area contributed by atoms with Crippen molar-refractivity contribution in [2.45, 2.75) is 91.4 Å². The number of nitrogens with zero attached hydrogens (tertiary/aromatic N) is 2. The topological polar surface area (TPSA) is 35.0 Å². The first-order chi connectivity index (χ1) is 14.2. The van der Waals surface area contributed by atoms with E-state index in [0.717, 1.165) is 42.5 Å². The Bertz CT molecular complexity index is 649. The van der Waals surface area contributed by atoms with Crippen molar-refractivity contribution in [2.75, 3.05) is 6.61 Å². The summed E-state index contributed by atoms with van der Waals surface area (Å²) in [6, 6.07) is 8.15. The molecule has 0 unspecified atom stereocenters. The van der Waals surface area contributed by atoms with E-state index in [2.05, 4.69) is 42.9 Å². The van der Waals surface area contributed by atoms with Crippen molar-refractivity contribution in [3.05, 3.63) is 42.2 Å². The van der Waals surface area contributed by atoms with Crippen molar-refractivity contribution in [1.82, 2.24) is 9.97 Å². The van der Waals surface area contributed by atoms with E-state index in [0.29, 0.717) is 0 Å². The molecule has 0 radical (unpaired) electrons. The summed E-state index contributed by atoms with van der Waals surface area (Å²) in [5.41, 5.74) is 2.28. The Labute approximate surface area is 178 Å². The zero-order valence-electron chi connectivity index (χ0n) is 18.8. The predicted octanol–water partition coefficient (Wildman–Crippen LogP) is 7.64. The van der Waals surface area contributed by atoms with Crippen LogP contribution >= 0.6 is 0 Å². The molecule has 2 aromatic rings. The van der Waals surface area contributed by atoms with Gasteiger partial charge in [0.15, 0.2) is 5.82 Å². The van der Waals surface area contributed by atoms with Crippen LogP contribution in [0.4, 0.5) is 0 Å². The van der Waals surface area contributed by atoms with Gasteiger partial charge in [-0.1, -0.05) is 72.1 Å². The third kappa shape index (κ3) is 9.92. The van der Waals surface area contributed by atoms with Crippen LogP contribution in [-0.4, -0.2) is 16.6 Å². The molecular weight excluding hydrogens is 356 g/mol. The zero-order chi connectivity index (χ0) is 20.7. The van der Waals surface area contributed by atoms with Crippen LogP contribution in [0, 0.1) is 5.92 Å². The Hall–Kier alpha value is -1.90. The van der Waals surface area contributed by atoms with Crippen LogP contribution in [0.1, 0.15) is 90.5 Å². The summed E-state index contributed by atoms with van der Waals surface area (Å²) in [6.45, 7) is 7.62. The van der Waals surface area contributed by atoms with E-state index in [9.17, 15) is 0 Å². The normalized spacial score (nSPS) is 11.2. The van der Waals surface area contributed by atoms with Gasteiger partial charge in [-0.2, -0.15) is 0 Å². The molecule has 1 aromatic heterocycles. The van der Waals surface area contributed by atoms with Crippen LogP contribution in [0.5, 0.6) is 5.75 Å². The highest BCUT2D eigenvalue weighted by molar-refractivity contribution is 5.55. The average Bonchev–Trinajstić information content (AvgIpc) is 2.74. The van der Waals surface area contributed by atoms with Gasteiger partial charge in [-0.15, -0.1) is 0 Å². The first-order valence-electron chi connectivity index (χ1n) is 11.7. The number of unbranched alkanes of at least 4 members (excludes halogenated alkanes) is 7. The molecule has 0 aliphatic carbocycles. The number of ether oxygens (including phenoxy) is 1. The molecule has 0 N–H and O–H groups in total. The maximum atomic E-state index is 5.86. The Balaban J connectivity index is 1.69. The molecule has 0 atom stereocenters. The lowest BCUT2D eigenvalue weighted by atomic mass is 10.1. The van der Waals surface area contributed by atoms with Gasteiger partial charge in [-0.05, 0) is 55.0 Å². The molecular formula is C26H40N2O. The molecule has 2 rings (SSSR count). The van der Waals surface area contributed by atoms with Gasteiger partial charge in [-0.3, -0.25) is 0 Å². The summed E-state index contributed by atoms with van der Waals surface area (Å²) in [5.74, 6) is 2.52. The SMILES string of the molecule is CCCCCCCCc1cnc(-c2ccc(OCCCCCC(C)C)cc2)nc1. The van der Waals surface area contributed by atoms with Gasteiger partial charge in [0, 0.05) is 18.0 Å². The molecule has 0 spiro atoms. The smallest absolute Gasteiger partial charge is 0.159 e. The Morgan fingerprint density at radius 1 is 0.793 bits per heavy atom. The van der Waals surface area contributed by atoms with Crippen molar-refractivity contribution in [1.29, 1.82) is 0 Å². The van der Waals surface area contributed by atoms with Gasteiger partial charge in [0.2, 0.25) is 0 Å². The summed E-state index contributed by atoms with van der Waals surface area (Å²) in [4.78, 5) is 9.13. The fourth-order valence-electron chi connectivity index (χ4n) is 3.46. The standard InChI is InChI=1S/C26H40N2O/c1-4-5-6-7-8-11-14-23-20-27-26(28-21-23)24-15-17-25(18-16-24)29-19-12-9-10-13-22(2)3/h15-18,20-22H,4-14,19H2,1-3H3. The minimum Gasteiger partial charge on any atom is -0.494 e. The molecule has 0 saturated heterocycles. The van der Waals surface area contributed by atoms with Crippen LogP contribution in [0.15, 0.2) is 36.7 Å². The van der Waals surface area contributed by atoms with Gasteiger partial charge in [0.25, 0.3) is 0 Å². The van der Waals surface area contributed by atoms with E-state index in [1.165, 1.54) is 63.4 Å². The molecule has 0 fully saturated rings. The van der Waals surface area contributed by atoms with E-state index in [1.54, 1.807) is 0 Å². The van der Waals surface area contributed by atoms with Crippen molar-refractivity contribution in [3.8, 4) is 17.1 Å². The van der Waals surface area contributed by atoms with Crippen LogP contribution in [0.3, 0.4) is 0 Å². The van der Waals surface area contributed by atoms with Gasteiger partial charge >= 0.3 is 0 Å². The third-order valence-corrected chi connectivity index (χ3v) is 5.33. The molecule has 3 nitrogen and oxygen atoms in total. The van der Waals surface area contributed by atoms with Crippen molar-refractivity contribution in [2.24, 2.45) is 5.92 Å². The fraction of sp³-hybridized carbons (Fsp3) is 0.615. The summed E-state index contributed by atoms with van der Waals surface area (Å²) >= 11 is 0. The lowest BCUT2D eigenvalue weighted by molar-refractivity contribution is 0.303.